The van der Waals surface area contributed by atoms with Crippen LogP contribution in [-0.2, 0) is 0 Å². The van der Waals surface area contributed by atoms with E-state index in [2.05, 4.69) is 205 Å². The summed E-state index contributed by atoms with van der Waals surface area (Å²) in [4.78, 5) is 2.40. The molecule has 0 fully saturated rings. The first-order valence-corrected chi connectivity index (χ1v) is 19.5. The van der Waals surface area contributed by atoms with Crippen molar-refractivity contribution < 1.29 is 4.42 Å². The van der Waals surface area contributed by atoms with Crippen LogP contribution in [-0.4, -0.2) is 0 Å². The van der Waals surface area contributed by atoms with Gasteiger partial charge < -0.3 is 9.32 Å². The van der Waals surface area contributed by atoms with Gasteiger partial charge in [-0.1, -0.05) is 127 Å². The standard InChI is InChI=1S/C52H33NOS/c1-3-12-34(13-4-1)38-30-39(35-14-5-2-6-15-35)32-40(31-38)36-22-25-41(26-23-36)53(42-27-29-50-46(33-42)44-18-9-10-21-49(44)55-50)47-19-11-20-48-51(47)45-28-24-37-16-7-8-17-43(37)52(45)54-48/h1-33H. The summed E-state index contributed by atoms with van der Waals surface area (Å²) < 4.78 is 9.27. The van der Waals surface area contributed by atoms with Crippen LogP contribution in [0.4, 0.5) is 17.1 Å². The summed E-state index contributed by atoms with van der Waals surface area (Å²) in [6.45, 7) is 0. The van der Waals surface area contributed by atoms with Gasteiger partial charge in [-0.05, 0) is 112 Å². The van der Waals surface area contributed by atoms with Gasteiger partial charge in [0, 0.05) is 42.3 Å². The molecule has 0 atom stereocenters. The molecule has 2 nitrogen and oxygen atoms in total. The van der Waals surface area contributed by atoms with Gasteiger partial charge in [0.1, 0.15) is 11.2 Å². The second-order valence-corrected chi connectivity index (χ2v) is 15.2. The zero-order chi connectivity index (χ0) is 36.3. The fourth-order valence-corrected chi connectivity index (χ4v) is 9.28. The zero-order valence-electron chi connectivity index (χ0n) is 29.8. The largest absolute Gasteiger partial charge is 0.455 e. The summed E-state index contributed by atoms with van der Waals surface area (Å²) in [5.41, 5.74) is 12.2. The number of thiophene rings is 1. The molecular formula is C52H33NOS. The van der Waals surface area contributed by atoms with Gasteiger partial charge in [-0.3, -0.25) is 0 Å². The van der Waals surface area contributed by atoms with Gasteiger partial charge in [-0.15, -0.1) is 11.3 Å². The van der Waals surface area contributed by atoms with E-state index in [1.807, 2.05) is 11.3 Å². The van der Waals surface area contributed by atoms with Gasteiger partial charge >= 0.3 is 0 Å². The molecule has 0 aliphatic rings. The first-order valence-electron chi connectivity index (χ1n) is 18.7. The van der Waals surface area contributed by atoms with Gasteiger partial charge in [-0.25, -0.2) is 0 Å². The molecule has 11 rings (SSSR count). The normalized spacial score (nSPS) is 11.6. The highest BCUT2D eigenvalue weighted by Gasteiger charge is 2.21. The molecule has 0 spiro atoms. The molecule has 55 heavy (non-hydrogen) atoms. The van der Waals surface area contributed by atoms with Crippen LogP contribution < -0.4 is 4.90 Å². The van der Waals surface area contributed by atoms with Crippen LogP contribution in [0.25, 0.3) is 86.3 Å². The monoisotopic (exact) mass is 719 g/mol. The van der Waals surface area contributed by atoms with Crippen LogP contribution in [0.5, 0.6) is 0 Å². The van der Waals surface area contributed by atoms with E-state index in [9.17, 15) is 0 Å². The first kappa shape index (κ1) is 31.6. The predicted octanol–water partition coefficient (Wildman–Crippen LogP) is 15.6. The molecule has 0 amide bonds. The molecule has 0 unspecified atom stereocenters. The Bertz CT molecular complexity index is 3140. The number of benzene rings is 9. The van der Waals surface area contributed by atoms with Crippen molar-refractivity contribution in [2.24, 2.45) is 0 Å². The Labute approximate surface area is 322 Å². The van der Waals surface area contributed by atoms with Crippen molar-refractivity contribution in [2.45, 2.75) is 0 Å². The second-order valence-electron chi connectivity index (χ2n) is 14.1. The summed E-state index contributed by atoms with van der Waals surface area (Å²) in [5.74, 6) is 0. The molecule has 0 aliphatic heterocycles. The Morgan fingerprint density at radius 2 is 0.964 bits per heavy atom. The summed E-state index contributed by atoms with van der Waals surface area (Å²) in [5, 5.41) is 7.05. The highest BCUT2D eigenvalue weighted by molar-refractivity contribution is 7.25. The van der Waals surface area contributed by atoms with Crippen molar-refractivity contribution in [1.82, 2.24) is 0 Å². The number of rotatable bonds is 6. The summed E-state index contributed by atoms with van der Waals surface area (Å²) in [6, 6.07) is 72.2. The first-order chi connectivity index (χ1) is 27.2. The van der Waals surface area contributed by atoms with E-state index in [0.29, 0.717) is 0 Å². The van der Waals surface area contributed by atoms with Gasteiger partial charge in [-0.2, -0.15) is 0 Å². The smallest absolute Gasteiger partial charge is 0.143 e. The van der Waals surface area contributed by atoms with E-state index in [1.54, 1.807) is 0 Å². The topological polar surface area (TPSA) is 16.4 Å². The number of anilines is 3. The molecule has 2 heterocycles. The zero-order valence-corrected chi connectivity index (χ0v) is 30.6. The SMILES string of the molecule is c1ccc(-c2cc(-c3ccccc3)cc(-c3ccc(N(c4ccc5sc6ccccc6c5c4)c4cccc5oc6c7ccccc7ccc6c45)cc3)c2)cc1. The molecule has 0 aliphatic carbocycles. The third kappa shape index (κ3) is 5.40. The molecule has 0 N–H and O–H groups in total. The molecule has 9 aromatic carbocycles. The van der Waals surface area contributed by atoms with Crippen molar-refractivity contribution >= 4 is 81.3 Å². The number of furan rings is 1. The van der Waals surface area contributed by atoms with Gasteiger partial charge in [0.15, 0.2) is 0 Å². The van der Waals surface area contributed by atoms with Gasteiger partial charge in [0.05, 0.1) is 11.1 Å². The van der Waals surface area contributed by atoms with Crippen molar-refractivity contribution in [1.29, 1.82) is 0 Å². The fraction of sp³-hybridized carbons (Fsp3) is 0. The van der Waals surface area contributed by atoms with Crippen molar-refractivity contribution in [3.8, 4) is 33.4 Å². The molecule has 0 saturated carbocycles. The van der Waals surface area contributed by atoms with Gasteiger partial charge in [0.2, 0.25) is 0 Å². The van der Waals surface area contributed by atoms with Crippen molar-refractivity contribution in [3.05, 3.63) is 200 Å². The highest BCUT2D eigenvalue weighted by Crippen LogP contribution is 2.46. The molecule has 11 aromatic rings. The molecule has 0 radical (unpaired) electrons. The molecule has 0 saturated heterocycles. The number of hydrogen-bond donors (Lipinski definition) is 0. The van der Waals surface area contributed by atoms with Crippen LogP contribution >= 0.6 is 11.3 Å². The predicted molar refractivity (Wildman–Crippen MR) is 235 cm³/mol. The minimum Gasteiger partial charge on any atom is -0.455 e. The van der Waals surface area contributed by atoms with E-state index < -0.39 is 0 Å². The lowest BCUT2D eigenvalue weighted by Crippen LogP contribution is -2.10. The Hall–Kier alpha value is -6.94. The minimum atomic E-state index is 0.874. The summed E-state index contributed by atoms with van der Waals surface area (Å²) in [6.07, 6.45) is 0. The van der Waals surface area contributed by atoms with Crippen LogP contribution in [0.1, 0.15) is 0 Å². The van der Waals surface area contributed by atoms with Crippen LogP contribution in [0.2, 0.25) is 0 Å². The minimum absolute atomic E-state index is 0.874. The van der Waals surface area contributed by atoms with Crippen LogP contribution in [0, 0.1) is 0 Å². The Balaban J connectivity index is 1.11. The lowest BCUT2D eigenvalue weighted by molar-refractivity contribution is 0.672. The molecule has 3 heteroatoms. The van der Waals surface area contributed by atoms with E-state index in [4.69, 9.17) is 4.42 Å². The van der Waals surface area contributed by atoms with E-state index >= 15 is 0 Å². The van der Waals surface area contributed by atoms with E-state index in [0.717, 1.165) is 50.0 Å². The highest BCUT2D eigenvalue weighted by atomic mass is 32.1. The number of nitrogens with zero attached hydrogens (tertiary/aromatic N) is 1. The van der Waals surface area contributed by atoms with Crippen molar-refractivity contribution in [3.63, 3.8) is 0 Å². The Kier molecular flexibility index (Phi) is 7.39. The maximum absolute atomic E-state index is 6.69. The second kappa shape index (κ2) is 12.9. The third-order valence-corrected chi connectivity index (χ3v) is 12.0. The van der Waals surface area contributed by atoms with Crippen LogP contribution in [0.3, 0.4) is 0 Å². The van der Waals surface area contributed by atoms with E-state index in [-0.39, 0.29) is 0 Å². The number of hydrogen-bond acceptors (Lipinski definition) is 3. The Morgan fingerprint density at radius 3 is 1.69 bits per heavy atom. The van der Waals surface area contributed by atoms with E-state index in [1.165, 1.54) is 53.4 Å². The Morgan fingerprint density at radius 1 is 0.364 bits per heavy atom. The molecule has 0 bridgehead atoms. The number of fused-ring (bicyclic) bond motifs is 8. The summed E-state index contributed by atoms with van der Waals surface area (Å²) in [7, 11) is 0. The average molecular weight is 720 g/mol. The lowest BCUT2D eigenvalue weighted by atomic mass is 9.93. The third-order valence-electron chi connectivity index (χ3n) is 10.8. The maximum atomic E-state index is 6.69. The lowest BCUT2D eigenvalue weighted by Gasteiger charge is -2.26. The summed E-state index contributed by atoms with van der Waals surface area (Å²) >= 11 is 1.85. The fourth-order valence-electron chi connectivity index (χ4n) is 8.19. The van der Waals surface area contributed by atoms with Gasteiger partial charge in [0.25, 0.3) is 0 Å². The maximum Gasteiger partial charge on any atom is 0.143 e. The average Bonchev–Trinajstić information content (AvgIpc) is 3.84. The molecular weight excluding hydrogens is 687 g/mol. The van der Waals surface area contributed by atoms with Crippen molar-refractivity contribution in [2.75, 3.05) is 4.90 Å². The van der Waals surface area contributed by atoms with Crippen LogP contribution in [0.15, 0.2) is 205 Å². The molecule has 2 aromatic heterocycles. The quantitative estimate of drug-likeness (QED) is 0.170. The molecule has 258 valence electrons.